The quantitative estimate of drug-likeness (QED) is 0.661. The number of para-hydroxylation sites is 2. The van der Waals surface area contributed by atoms with Crippen LogP contribution in [0, 0.1) is 0 Å². The first kappa shape index (κ1) is 21.0. The van der Waals surface area contributed by atoms with E-state index in [9.17, 15) is 4.79 Å². The average Bonchev–Trinajstić information content (AvgIpc) is 2.79. The molecule has 0 aliphatic carbocycles. The van der Waals surface area contributed by atoms with Crippen molar-refractivity contribution in [1.82, 2.24) is 10.2 Å². The number of rotatable bonds is 9. The Kier molecular flexibility index (Phi) is 8.19. The van der Waals surface area contributed by atoms with E-state index in [0.29, 0.717) is 32.8 Å². The minimum atomic E-state index is 0.00830. The fourth-order valence-corrected chi connectivity index (χ4v) is 3.46. The summed E-state index contributed by atoms with van der Waals surface area (Å²) in [6.45, 7) is 5.02. The first-order chi connectivity index (χ1) is 14.3. The average molecular weight is 398 g/mol. The Balaban J connectivity index is 1.28. The van der Waals surface area contributed by atoms with Crippen LogP contribution >= 0.6 is 0 Å². The number of anilines is 1. The van der Waals surface area contributed by atoms with Gasteiger partial charge in [0.1, 0.15) is 5.75 Å². The minimum absolute atomic E-state index is 0.00830. The van der Waals surface area contributed by atoms with Crippen molar-refractivity contribution in [3.63, 3.8) is 0 Å². The largest absolute Gasteiger partial charge is 0.495 e. The Labute approximate surface area is 173 Å². The third kappa shape index (κ3) is 6.39. The molecule has 1 aliphatic rings. The van der Waals surface area contributed by atoms with E-state index in [2.05, 4.69) is 28.4 Å². The maximum Gasteiger partial charge on any atom is 0.317 e. The molecular formula is C23H31N3O3. The lowest BCUT2D eigenvalue weighted by molar-refractivity contribution is 0.134. The Hall–Kier alpha value is -2.73. The molecule has 1 N–H and O–H groups in total. The highest BCUT2D eigenvalue weighted by atomic mass is 16.5. The molecule has 0 unspecified atom stereocenters. The van der Waals surface area contributed by atoms with E-state index in [1.807, 2.05) is 41.3 Å². The molecule has 2 aromatic rings. The van der Waals surface area contributed by atoms with Gasteiger partial charge in [-0.3, -0.25) is 0 Å². The summed E-state index contributed by atoms with van der Waals surface area (Å²) in [6.07, 6.45) is 1.74. The van der Waals surface area contributed by atoms with Crippen LogP contribution in [0.25, 0.3) is 0 Å². The van der Waals surface area contributed by atoms with Crippen LogP contribution in [0.2, 0.25) is 0 Å². The van der Waals surface area contributed by atoms with Crippen molar-refractivity contribution in [2.24, 2.45) is 0 Å². The second-order valence-electron chi connectivity index (χ2n) is 7.08. The summed E-state index contributed by atoms with van der Waals surface area (Å²) in [5, 5.41) is 3.00. The van der Waals surface area contributed by atoms with Gasteiger partial charge >= 0.3 is 6.03 Å². The summed E-state index contributed by atoms with van der Waals surface area (Å²) < 4.78 is 11.1. The monoisotopic (exact) mass is 397 g/mol. The summed E-state index contributed by atoms with van der Waals surface area (Å²) in [7, 11) is 1.69. The summed E-state index contributed by atoms with van der Waals surface area (Å²) in [4.78, 5) is 16.5. The van der Waals surface area contributed by atoms with E-state index >= 15 is 0 Å². The lowest BCUT2D eigenvalue weighted by Gasteiger charge is -2.36. The summed E-state index contributed by atoms with van der Waals surface area (Å²) in [6, 6.07) is 18.3. The number of methoxy groups -OCH3 is 1. The summed E-state index contributed by atoms with van der Waals surface area (Å²) >= 11 is 0. The number of hydrogen-bond acceptors (Lipinski definition) is 4. The molecule has 0 saturated carbocycles. The number of urea groups is 1. The molecule has 2 amide bonds. The molecule has 156 valence electrons. The van der Waals surface area contributed by atoms with E-state index in [-0.39, 0.29) is 6.03 Å². The zero-order valence-corrected chi connectivity index (χ0v) is 17.2. The highest BCUT2D eigenvalue weighted by Gasteiger charge is 2.22. The number of nitrogens with one attached hydrogen (secondary N) is 1. The number of carbonyl (C=O) groups is 1. The molecule has 2 aromatic carbocycles. The molecule has 1 heterocycles. The normalized spacial score (nSPS) is 14.0. The molecule has 0 aromatic heterocycles. The van der Waals surface area contributed by atoms with Crippen molar-refractivity contribution in [3.8, 4) is 5.75 Å². The Morgan fingerprint density at radius 1 is 0.966 bits per heavy atom. The standard InChI is InChI=1S/C23H31N3O3/c1-28-22-11-6-5-10-21(22)25-14-16-26(17-15-25)23(27)24-13-7-18-29-19-12-20-8-3-2-4-9-20/h2-6,8-11H,7,12-19H2,1H3,(H,24,27). The topological polar surface area (TPSA) is 54.0 Å². The fraction of sp³-hybridized carbons (Fsp3) is 0.435. The predicted octanol–water partition coefficient (Wildman–Crippen LogP) is 3.18. The van der Waals surface area contributed by atoms with Crippen LogP contribution in [0.4, 0.5) is 10.5 Å². The highest BCUT2D eigenvalue weighted by molar-refractivity contribution is 5.74. The number of hydrogen-bond donors (Lipinski definition) is 1. The Morgan fingerprint density at radius 3 is 2.45 bits per heavy atom. The third-order valence-corrected chi connectivity index (χ3v) is 5.11. The maximum absolute atomic E-state index is 12.4. The van der Waals surface area contributed by atoms with Crippen molar-refractivity contribution in [2.45, 2.75) is 12.8 Å². The van der Waals surface area contributed by atoms with Crippen LogP contribution in [-0.4, -0.2) is 64.0 Å². The van der Waals surface area contributed by atoms with Gasteiger partial charge in [0.15, 0.2) is 0 Å². The molecule has 6 nitrogen and oxygen atoms in total. The molecule has 3 rings (SSSR count). The molecular weight excluding hydrogens is 366 g/mol. The molecule has 0 bridgehead atoms. The molecule has 29 heavy (non-hydrogen) atoms. The van der Waals surface area contributed by atoms with Crippen LogP contribution in [-0.2, 0) is 11.2 Å². The van der Waals surface area contributed by atoms with Crippen LogP contribution in [0.1, 0.15) is 12.0 Å². The predicted molar refractivity (Wildman–Crippen MR) is 116 cm³/mol. The number of nitrogens with zero attached hydrogens (tertiary/aromatic N) is 2. The van der Waals surface area contributed by atoms with Gasteiger partial charge in [-0.25, -0.2) is 4.79 Å². The van der Waals surface area contributed by atoms with E-state index in [1.165, 1.54) is 5.56 Å². The maximum atomic E-state index is 12.4. The SMILES string of the molecule is COc1ccccc1N1CCN(C(=O)NCCCOCCc2ccccc2)CC1. The molecule has 6 heteroatoms. The second kappa shape index (κ2) is 11.3. The first-order valence-electron chi connectivity index (χ1n) is 10.3. The number of benzene rings is 2. The lowest BCUT2D eigenvalue weighted by atomic mass is 10.2. The van der Waals surface area contributed by atoms with Gasteiger partial charge in [0.2, 0.25) is 0 Å². The van der Waals surface area contributed by atoms with Crippen LogP contribution < -0.4 is 15.0 Å². The molecule has 0 atom stereocenters. The second-order valence-corrected chi connectivity index (χ2v) is 7.08. The van der Waals surface area contributed by atoms with Gasteiger partial charge in [0, 0.05) is 39.3 Å². The van der Waals surface area contributed by atoms with Gasteiger partial charge in [-0.1, -0.05) is 42.5 Å². The molecule has 1 fully saturated rings. The minimum Gasteiger partial charge on any atom is -0.495 e. The molecule has 1 saturated heterocycles. The zero-order valence-electron chi connectivity index (χ0n) is 17.2. The summed E-state index contributed by atoms with van der Waals surface area (Å²) in [5.41, 5.74) is 2.37. The number of amides is 2. The van der Waals surface area contributed by atoms with Crippen molar-refractivity contribution < 1.29 is 14.3 Å². The first-order valence-corrected chi connectivity index (χ1v) is 10.3. The Bertz CT molecular complexity index is 746. The van der Waals surface area contributed by atoms with Crippen LogP contribution in [0.15, 0.2) is 54.6 Å². The van der Waals surface area contributed by atoms with E-state index < -0.39 is 0 Å². The smallest absolute Gasteiger partial charge is 0.317 e. The zero-order chi connectivity index (χ0) is 20.3. The third-order valence-electron chi connectivity index (χ3n) is 5.11. The summed E-state index contributed by atoms with van der Waals surface area (Å²) in [5.74, 6) is 0.873. The van der Waals surface area contributed by atoms with Crippen molar-refractivity contribution in [3.05, 3.63) is 60.2 Å². The van der Waals surface area contributed by atoms with Crippen molar-refractivity contribution in [1.29, 1.82) is 0 Å². The van der Waals surface area contributed by atoms with Gasteiger partial charge in [0.25, 0.3) is 0 Å². The lowest BCUT2D eigenvalue weighted by Crippen LogP contribution is -2.52. The van der Waals surface area contributed by atoms with Crippen LogP contribution in [0.3, 0.4) is 0 Å². The number of ether oxygens (including phenoxy) is 2. The van der Waals surface area contributed by atoms with Gasteiger partial charge in [0.05, 0.1) is 19.4 Å². The van der Waals surface area contributed by atoms with Crippen LogP contribution in [0.5, 0.6) is 5.75 Å². The van der Waals surface area contributed by atoms with E-state index in [4.69, 9.17) is 9.47 Å². The Morgan fingerprint density at radius 2 is 1.69 bits per heavy atom. The molecule has 0 spiro atoms. The van der Waals surface area contributed by atoms with Gasteiger partial charge < -0.3 is 24.6 Å². The number of carbonyl (C=O) groups excluding carboxylic acids is 1. The van der Waals surface area contributed by atoms with Gasteiger partial charge in [-0.05, 0) is 30.5 Å². The fourth-order valence-electron chi connectivity index (χ4n) is 3.46. The molecule has 1 aliphatic heterocycles. The van der Waals surface area contributed by atoms with Gasteiger partial charge in [-0.15, -0.1) is 0 Å². The number of piperazine rings is 1. The van der Waals surface area contributed by atoms with Crippen molar-refractivity contribution >= 4 is 11.7 Å². The highest BCUT2D eigenvalue weighted by Crippen LogP contribution is 2.28. The molecule has 0 radical (unpaired) electrons. The van der Waals surface area contributed by atoms with Crippen molar-refractivity contribution in [2.75, 3.05) is 57.9 Å². The van der Waals surface area contributed by atoms with Gasteiger partial charge in [-0.2, -0.15) is 0 Å². The van der Waals surface area contributed by atoms with E-state index in [0.717, 1.165) is 37.4 Å². The van der Waals surface area contributed by atoms with E-state index in [1.54, 1.807) is 7.11 Å².